The number of anilines is 2. The first-order valence-corrected chi connectivity index (χ1v) is 17.7. The van der Waals surface area contributed by atoms with Crippen molar-refractivity contribution in [1.82, 2.24) is 4.98 Å². The Labute approximate surface area is 289 Å². The molecule has 3 rings (SSSR count). The van der Waals surface area contributed by atoms with Crippen molar-refractivity contribution in [3.63, 3.8) is 0 Å². The first kappa shape index (κ1) is 37.8. The van der Waals surface area contributed by atoms with Crippen molar-refractivity contribution in [3.05, 3.63) is 75.8 Å². The lowest BCUT2D eigenvalue weighted by atomic mass is 10.1. The summed E-state index contributed by atoms with van der Waals surface area (Å²) in [4.78, 5) is 33.7. The van der Waals surface area contributed by atoms with Gasteiger partial charge >= 0.3 is 11.9 Å². The summed E-state index contributed by atoms with van der Waals surface area (Å²) in [6.45, 7) is 5.71. The Bertz CT molecular complexity index is 1350. The highest BCUT2D eigenvalue weighted by molar-refractivity contribution is 7.99. The number of carboxylic acid groups (broad SMARTS) is 2. The Morgan fingerprint density at radius 2 is 1.17 bits per heavy atom. The standard InChI is InChI=1S/C33H41Cl2N3O6S2/c1-5-43-26(32(39)40)20-22-10-12-28(24(34)18-22)45-16-14-37(3)30-8-7-9-31(36-30)38(4)15-17-46-29-13-11-23(19-25(29)35)21-27(33(41)42)44-6-2/h7-13,18-19,26-27H,5-6,14-17,20-21H2,1-4H3,(H,39,40)(H,41,42). The number of aliphatic carboxylic acids is 2. The Morgan fingerprint density at radius 3 is 1.52 bits per heavy atom. The zero-order valence-corrected chi connectivity index (χ0v) is 29.6. The highest BCUT2D eigenvalue weighted by Gasteiger charge is 2.20. The summed E-state index contributed by atoms with van der Waals surface area (Å²) >= 11 is 16.3. The molecule has 0 fully saturated rings. The molecule has 2 unspecified atom stereocenters. The molecule has 2 atom stereocenters. The number of benzene rings is 2. The molecule has 9 nitrogen and oxygen atoms in total. The van der Waals surface area contributed by atoms with Crippen LogP contribution in [0.4, 0.5) is 11.6 Å². The van der Waals surface area contributed by atoms with Crippen molar-refractivity contribution >= 4 is 70.3 Å². The Kier molecular flexibility index (Phi) is 15.8. The molecule has 1 heterocycles. The van der Waals surface area contributed by atoms with Gasteiger partial charge in [-0.1, -0.05) is 41.4 Å². The van der Waals surface area contributed by atoms with Crippen molar-refractivity contribution in [2.75, 3.05) is 61.7 Å². The third kappa shape index (κ3) is 11.8. The predicted molar refractivity (Wildman–Crippen MR) is 189 cm³/mol. The van der Waals surface area contributed by atoms with E-state index in [9.17, 15) is 19.8 Å². The molecule has 0 radical (unpaired) electrons. The molecule has 0 amide bonds. The van der Waals surface area contributed by atoms with Crippen LogP contribution in [-0.2, 0) is 31.9 Å². The van der Waals surface area contributed by atoms with E-state index in [-0.39, 0.29) is 12.8 Å². The molecule has 1 aromatic heterocycles. The van der Waals surface area contributed by atoms with Gasteiger partial charge in [0.15, 0.2) is 12.2 Å². The highest BCUT2D eigenvalue weighted by Crippen LogP contribution is 2.30. The number of hydrogen-bond donors (Lipinski definition) is 2. The molecule has 13 heteroatoms. The summed E-state index contributed by atoms with van der Waals surface area (Å²) in [5.41, 5.74) is 1.64. The van der Waals surface area contributed by atoms with Crippen LogP contribution in [0.1, 0.15) is 25.0 Å². The molecule has 0 saturated heterocycles. The number of carbonyl (C=O) groups is 2. The van der Waals surface area contributed by atoms with Crippen LogP contribution in [0.3, 0.4) is 0 Å². The molecule has 0 aliphatic carbocycles. The van der Waals surface area contributed by atoms with Crippen molar-refractivity contribution in [3.8, 4) is 0 Å². The average molecular weight is 711 g/mol. The number of carboxylic acids is 2. The summed E-state index contributed by atoms with van der Waals surface area (Å²) < 4.78 is 10.6. The molecule has 250 valence electrons. The predicted octanol–water partition coefficient (Wildman–Crippen LogP) is 6.91. The van der Waals surface area contributed by atoms with Crippen LogP contribution in [0.5, 0.6) is 0 Å². The second-order valence-corrected chi connectivity index (χ2v) is 13.5. The van der Waals surface area contributed by atoms with E-state index in [0.29, 0.717) is 23.3 Å². The van der Waals surface area contributed by atoms with Crippen molar-refractivity contribution in [2.45, 2.75) is 48.7 Å². The van der Waals surface area contributed by atoms with E-state index >= 15 is 0 Å². The van der Waals surface area contributed by atoms with Crippen LogP contribution in [0.2, 0.25) is 10.0 Å². The normalized spacial score (nSPS) is 12.5. The van der Waals surface area contributed by atoms with Crippen LogP contribution in [0.15, 0.2) is 64.4 Å². The average Bonchev–Trinajstić information content (AvgIpc) is 3.02. The largest absolute Gasteiger partial charge is 0.479 e. The molecule has 0 bridgehead atoms. The fraction of sp³-hybridized carbons (Fsp3) is 0.424. The number of ether oxygens (including phenoxy) is 2. The van der Waals surface area contributed by atoms with Crippen molar-refractivity contribution < 1.29 is 29.3 Å². The van der Waals surface area contributed by atoms with Gasteiger partial charge in [-0.25, -0.2) is 14.6 Å². The maximum atomic E-state index is 11.4. The van der Waals surface area contributed by atoms with Gasteiger partial charge in [-0.15, -0.1) is 23.5 Å². The monoisotopic (exact) mass is 709 g/mol. The fourth-order valence-electron chi connectivity index (χ4n) is 4.49. The third-order valence-electron chi connectivity index (χ3n) is 6.99. The van der Waals surface area contributed by atoms with E-state index in [1.165, 1.54) is 0 Å². The minimum Gasteiger partial charge on any atom is -0.479 e. The van der Waals surface area contributed by atoms with Gasteiger partial charge in [-0.3, -0.25) is 0 Å². The van der Waals surface area contributed by atoms with Gasteiger partial charge in [0.2, 0.25) is 0 Å². The van der Waals surface area contributed by atoms with Crippen molar-refractivity contribution in [1.29, 1.82) is 0 Å². The lowest BCUT2D eigenvalue weighted by molar-refractivity contribution is -0.150. The molecule has 0 saturated carbocycles. The summed E-state index contributed by atoms with van der Waals surface area (Å²) in [7, 11) is 4.01. The van der Waals surface area contributed by atoms with Crippen LogP contribution >= 0.6 is 46.7 Å². The van der Waals surface area contributed by atoms with Gasteiger partial charge in [-0.05, 0) is 61.4 Å². The van der Waals surface area contributed by atoms with Crippen LogP contribution in [-0.4, -0.2) is 91.2 Å². The Balaban J connectivity index is 1.48. The van der Waals surface area contributed by atoms with Gasteiger partial charge in [0.05, 0.1) is 10.0 Å². The Hall–Kier alpha value is -2.67. The fourth-order valence-corrected chi connectivity index (χ4v) is 7.12. The van der Waals surface area contributed by atoms with E-state index in [1.54, 1.807) is 37.4 Å². The summed E-state index contributed by atoms with van der Waals surface area (Å²) in [6, 6.07) is 17.2. The molecule has 2 aromatic carbocycles. The number of pyridine rings is 1. The van der Waals surface area contributed by atoms with E-state index in [1.807, 2.05) is 68.7 Å². The number of hydrogen-bond acceptors (Lipinski definition) is 9. The Morgan fingerprint density at radius 1 is 0.761 bits per heavy atom. The molecular formula is C33H41Cl2N3O6S2. The lowest BCUT2D eigenvalue weighted by Gasteiger charge is -2.22. The van der Waals surface area contributed by atoms with Gasteiger partial charge < -0.3 is 29.5 Å². The summed E-state index contributed by atoms with van der Waals surface area (Å²) in [5, 5.41) is 19.9. The van der Waals surface area contributed by atoms with E-state index < -0.39 is 24.1 Å². The van der Waals surface area contributed by atoms with Crippen LogP contribution < -0.4 is 9.80 Å². The van der Waals surface area contributed by atoms with Gasteiger partial charge in [-0.2, -0.15) is 0 Å². The summed E-state index contributed by atoms with van der Waals surface area (Å²) in [5.74, 6) is 1.32. The molecule has 3 aromatic rings. The molecule has 2 N–H and O–H groups in total. The quantitative estimate of drug-likeness (QED) is 0.119. The third-order valence-corrected chi connectivity index (χ3v) is 9.95. The zero-order valence-electron chi connectivity index (χ0n) is 26.4. The smallest absolute Gasteiger partial charge is 0.333 e. The highest BCUT2D eigenvalue weighted by atomic mass is 35.5. The molecule has 0 aliphatic rings. The van der Waals surface area contributed by atoms with Gasteiger partial charge in [0.25, 0.3) is 0 Å². The number of thioether (sulfide) groups is 2. The maximum Gasteiger partial charge on any atom is 0.333 e. The molecule has 0 aliphatic heterocycles. The second-order valence-electron chi connectivity index (χ2n) is 10.4. The van der Waals surface area contributed by atoms with E-state index in [2.05, 4.69) is 9.80 Å². The number of halogens is 2. The maximum absolute atomic E-state index is 11.4. The van der Waals surface area contributed by atoms with Gasteiger partial charge in [0.1, 0.15) is 11.6 Å². The first-order valence-electron chi connectivity index (χ1n) is 14.9. The second kappa shape index (κ2) is 19.2. The van der Waals surface area contributed by atoms with Crippen LogP contribution in [0.25, 0.3) is 0 Å². The van der Waals surface area contributed by atoms with Crippen molar-refractivity contribution in [2.24, 2.45) is 0 Å². The SMILES string of the molecule is CCOC(Cc1ccc(SCCN(C)c2cccc(N(C)CCSc3ccc(CC(OCC)C(=O)O)cc3Cl)n2)c(Cl)c1)C(=O)O. The first-order chi connectivity index (χ1) is 22.0. The zero-order chi connectivity index (χ0) is 33.6. The summed E-state index contributed by atoms with van der Waals surface area (Å²) in [6.07, 6.45) is -1.26. The van der Waals surface area contributed by atoms with Crippen LogP contribution in [0, 0.1) is 0 Å². The van der Waals surface area contributed by atoms with E-state index in [4.69, 9.17) is 37.7 Å². The minimum atomic E-state index is -0.984. The number of nitrogens with zero attached hydrogens (tertiary/aromatic N) is 3. The topological polar surface area (TPSA) is 112 Å². The number of aromatic nitrogens is 1. The molecule has 0 spiro atoms. The molecular weight excluding hydrogens is 669 g/mol. The van der Waals surface area contributed by atoms with E-state index in [0.717, 1.165) is 57.1 Å². The minimum absolute atomic E-state index is 0.262. The number of rotatable bonds is 20. The molecule has 46 heavy (non-hydrogen) atoms. The lowest BCUT2D eigenvalue weighted by Crippen LogP contribution is -2.26. The van der Waals surface area contributed by atoms with Gasteiger partial charge in [0, 0.05) is 74.5 Å².